The number of alkyl halides is 3. The minimum Gasteiger partial charge on any atom is -0.373 e. The van der Waals surface area contributed by atoms with Crippen LogP contribution in [0.5, 0.6) is 0 Å². The van der Waals surface area contributed by atoms with E-state index in [1.54, 1.807) is 20.2 Å². The zero-order valence-corrected chi connectivity index (χ0v) is 14.9. The van der Waals surface area contributed by atoms with E-state index in [0.29, 0.717) is 17.1 Å². The number of rotatable bonds is 6. The van der Waals surface area contributed by atoms with Crippen LogP contribution in [-0.2, 0) is 12.6 Å². The van der Waals surface area contributed by atoms with Crippen LogP contribution in [0.15, 0.2) is 29.4 Å². The fourth-order valence-corrected chi connectivity index (χ4v) is 3.09. The maximum absolute atomic E-state index is 12.9. The normalized spacial score (nSPS) is 11.4. The number of aryl methyl sites for hydroxylation is 1. The van der Waals surface area contributed by atoms with Crippen LogP contribution in [0.1, 0.15) is 34.1 Å². The van der Waals surface area contributed by atoms with E-state index in [1.807, 2.05) is 13.0 Å². The second kappa shape index (κ2) is 7.86. The number of aromatic nitrogens is 2. The van der Waals surface area contributed by atoms with Gasteiger partial charge in [0.05, 0.1) is 5.56 Å². The van der Waals surface area contributed by atoms with Crippen LogP contribution in [0.25, 0.3) is 0 Å². The number of hydrogen-bond donors (Lipinski definition) is 1. The molecule has 2 rings (SSSR count). The number of halogens is 3. The zero-order chi connectivity index (χ0) is 18.6. The van der Waals surface area contributed by atoms with E-state index in [-0.39, 0.29) is 22.8 Å². The van der Waals surface area contributed by atoms with Gasteiger partial charge in [-0.25, -0.2) is 9.97 Å². The number of ketones is 1. The molecule has 134 valence electrons. The summed E-state index contributed by atoms with van der Waals surface area (Å²) in [5, 5.41) is 3.02. The van der Waals surface area contributed by atoms with Gasteiger partial charge in [0.2, 0.25) is 0 Å². The Morgan fingerprint density at radius 3 is 2.64 bits per heavy atom. The average molecular weight is 369 g/mol. The maximum Gasteiger partial charge on any atom is 0.433 e. The predicted molar refractivity (Wildman–Crippen MR) is 92.2 cm³/mol. The summed E-state index contributed by atoms with van der Waals surface area (Å²) in [5.74, 6) is 0.798. The Balaban J connectivity index is 2.37. The van der Waals surface area contributed by atoms with Crippen molar-refractivity contribution < 1.29 is 18.0 Å². The van der Waals surface area contributed by atoms with Crippen molar-refractivity contribution in [3.05, 3.63) is 46.8 Å². The molecule has 0 aliphatic heterocycles. The summed E-state index contributed by atoms with van der Waals surface area (Å²) in [7, 11) is 1.70. The summed E-state index contributed by atoms with van der Waals surface area (Å²) < 4.78 is 38.6. The van der Waals surface area contributed by atoms with Gasteiger partial charge in [0.25, 0.3) is 0 Å². The number of thioether (sulfide) groups is 1. The summed E-state index contributed by atoms with van der Waals surface area (Å²) in [6.07, 6.45) is -2.82. The minimum atomic E-state index is -4.54. The van der Waals surface area contributed by atoms with E-state index in [4.69, 9.17) is 0 Å². The molecule has 0 amide bonds. The van der Waals surface area contributed by atoms with Gasteiger partial charge in [-0.3, -0.25) is 4.79 Å². The fraction of sp³-hybridized carbons (Fsp3) is 0.353. The molecule has 0 saturated carbocycles. The molecule has 0 fully saturated rings. The van der Waals surface area contributed by atoms with Gasteiger partial charge in [0, 0.05) is 25.2 Å². The quantitative estimate of drug-likeness (QED) is 0.605. The van der Waals surface area contributed by atoms with Crippen LogP contribution in [0.3, 0.4) is 0 Å². The fourth-order valence-electron chi connectivity index (χ4n) is 2.32. The largest absolute Gasteiger partial charge is 0.433 e. The molecule has 0 radical (unpaired) electrons. The molecule has 0 aliphatic rings. The molecule has 4 nitrogen and oxygen atoms in total. The molecular weight excluding hydrogens is 351 g/mol. The summed E-state index contributed by atoms with van der Waals surface area (Å²) in [6, 6.07) is 3.89. The van der Waals surface area contributed by atoms with E-state index >= 15 is 0 Å². The van der Waals surface area contributed by atoms with Crippen molar-refractivity contribution in [2.45, 2.75) is 31.5 Å². The lowest BCUT2D eigenvalue weighted by molar-refractivity contribution is -0.141. The first-order valence-corrected chi connectivity index (χ1v) is 8.62. The van der Waals surface area contributed by atoms with Crippen molar-refractivity contribution in [3.63, 3.8) is 0 Å². The first-order chi connectivity index (χ1) is 11.8. The lowest BCUT2D eigenvalue weighted by Gasteiger charge is -2.12. The number of hydrogen-bond acceptors (Lipinski definition) is 5. The van der Waals surface area contributed by atoms with Crippen LogP contribution in [0.2, 0.25) is 0 Å². The summed E-state index contributed by atoms with van der Waals surface area (Å²) >= 11 is 1.12. The van der Waals surface area contributed by atoms with Gasteiger partial charge in [-0.2, -0.15) is 13.2 Å². The van der Waals surface area contributed by atoms with Crippen molar-refractivity contribution in [1.29, 1.82) is 0 Å². The Morgan fingerprint density at radius 1 is 1.32 bits per heavy atom. The van der Waals surface area contributed by atoms with Crippen LogP contribution < -0.4 is 5.32 Å². The Hall–Kier alpha value is -2.09. The summed E-state index contributed by atoms with van der Waals surface area (Å²) in [4.78, 5) is 20.5. The lowest BCUT2D eigenvalue weighted by atomic mass is 10.0. The number of Topliss-reactive ketones (excluding diaryl/α,β-unsaturated/α-hetero) is 1. The summed E-state index contributed by atoms with van der Waals surface area (Å²) in [5.41, 5.74) is 0.798. The highest BCUT2D eigenvalue weighted by atomic mass is 32.2. The van der Waals surface area contributed by atoms with Crippen LogP contribution in [-0.4, -0.2) is 28.6 Å². The molecule has 0 aliphatic carbocycles. The Bertz CT molecular complexity index is 778. The molecule has 1 N–H and O–H groups in total. The van der Waals surface area contributed by atoms with Crippen molar-refractivity contribution in [3.8, 4) is 0 Å². The average Bonchev–Trinajstić information content (AvgIpc) is 2.54. The van der Waals surface area contributed by atoms with E-state index < -0.39 is 11.9 Å². The van der Waals surface area contributed by atoms with E-state index in [0.717, 1.165) is 23.4 Å². The first kappa shape index (κ1) is 19.2. The molecule has 2 heterocycles. The molecule has 0 atom stereocenters. The molecule has 0 unspecified atom stereocenters. The number of nitrogens with zero attached hydrogens (tertiary/aromatic N) is 2. The van der Waals surface area contributed by atoms with Gasteiger partial charge in [-0.15, -0.1) is 11.8 Å². The molecule has 2 aromatic heterocycles. The smallest absolute Gasteiger partial charge is 0.373 e. The number of carbonyl (C=O) groups excluding carboxylic acids is 1. The van der Waals surface area contributed by atoms with Gasteiger partial charge in [-0.1, -0.05) is 13.0 Å². The monoisotopic (exact) mass is 369 g/mol. The third-order valence-electron chi connectivity index (χ3n) is 3.42. The molecule has 25 heavy (non-hydrogen) atoms. The van der Waals surface area contributed by atoms with E-state index in [9.17, 15) is 18.0 Å². The standard InChI is InChI=1S/C17H18F3N3OS/c1-4-25-16-12(5-6-14(23-16)17(18,19)20)13(24)8-11-7-10(2)9-22-15(11)21-3/h5-7,9H,4,8H2,1-3H3,(H,21,22). The van der Waals surface area contributed by atoms with Crippen LogP contribution >= 0.6 is 11.8 Å². The predicted octanol–water partition coefficient (Wildman–Crippen LogP) is 4.38. The molecule has 0 spiro atoms. The highest BCUT2D eigenvalue weighted by Gasteiger charge is 2.33. The Morgan fingerprint density at radius 2 is 2.04 bits per heavy atom. The third kappa shape index (κ3) is 4.72. The second-order valence-corrected chi connectivity index (χ2v) is 6.60. The van der Waals surface area contributed by atoms with Gasteiger partial charge in [0.1, 0.15) is 16.5 Å². The van der Waals surface area contributed by atoms with E-state index in [2.05, 4.69) is 15.3 Å². The summed E-state index contributed by atoms with van der Waals surface area (Å²) in [6.45, 7) is 3.66. The number of anilines is 1. The maximum atomic E-state index is 12.9. The molecule has 0 aromatic carbocycles. The number of pyridine rings is 2. The van der Waals surface area contributed by atoms with Crippen molar-refractivity contribution in [1.82, 2.24) is 9.97 Å². The van der Waals surface area contributed by atoms with E-state index in [1.165, 1.54) is 6.07 Å². The first-order valence-electron chi connectivity index (χ1n) is 7.63. The third-order valence-corrected chi connectivity index (χ3v) is 4.30. The zero-order valence-electron chi connectivity index (χ0n) is 14.1. The lowest BCUT2D eigenvalue weighted by Crippen LogP contribution is -2.13. The minimum absolute atomic E-state index is 0.0369. The van der Waals surface area contributed by atoms with Gasteiger partial charge >= 0.3 is 6.18 Å². The SMILES string of the molecule is CCSc1nc(C(F)(F)F)ccc1C(=O)Cc1cc(C)cnc1NC. The van der Waals surface area contributed by atoms with Crippen molar-refractivity contribution in [2.24, 2.45) is 0 Å². The van der Waals surface area contributed by atoms with Gasteiger partial charge in [-0.05, 0) is 30.4 Å². The molecule has 0 bridgehead atoms. The van der Waals surface area contributed by atoms with Gasteiger partial charge < -0.3 is 5.32 Å². The highest BCUT2D eigenvalue weighted by Crippen LogP contribution is 2.31. The molecule has 8 heteroatoms. The second-order valence-electron chi connectivity index (χ2n) is 5.35. The molecule has 2 aromatic rings. The van der Waals surface area contributed by atoms with Crippen molar-refractivity contribution >= 4 is 23.4 Å². The Labute approximate surface area is 148 Å². The van der Waals surface area contributed by atoms with Crippen LogP contribution in [0.4, 0.5) is 19.0 Å². The highest BCUT2D eigenvalue weighted by molar-refractivity contribution is 7.99. The molecule has 0 saturated heterocycles. The Kier molecular flexibility index (Phi) is 6.05. The number of carbonyl (C=O) groups is 1. The van der Waals surface area contributed by atoms with Gasteiger partial charge in [0.15, 0.2) is 5.78 Å². The van der Waals surface area contributed by atoms with Crippen LogP contribution in [0, 0.1) is 6.92 Å². The molecular formula is C17H18F3N3OS. The topological polar surface area (TPSA) is 54.9 Å². The van der Waals surface area contributed by atoms with Crippen molar-refractivity contribution in [2.75, 3.05) is 18.1 Å². The number of nitrogens with one attached hydrogen (secondary N) is 1.